The van der Waals surface area contributed by atoms with E-state index < -0.39 is 0 Å². The fraction of sp³-hybridized carbons (Fsp3) is 0.857. The first kappa shape index (κ1) is 31.8. The first-order valence-electron chi connectivity index (χ1n) is 13.9. The van der Waals surface area contributed by atoms with Crippen LogP contribution in [0.2, 0.25) is 0 Å². The van der Waals surface area contributed by atoms with Gasteiger partial charge in [0.2, 0.25) is 0 Å². The zero-order valence-electron chi connectivity index (χ0n) is 21.9. The summed E-state index contributed by atoms with van der Waals surface area (Å²) in [5.41, 5.74) is 0. The van der Waals surface area contributed by atoms with E-state index >= 15 is 0 Å². The zero-order chi connectivity index (χ0) is 23.9. The highest BCUT2D eigenvalue weighted by Gasteiger charge is 1.94. The predicted molar refractivity (Wildman–Crippen MR) is 137 cm³/mol. The standard InChI is InChI=1S/C28H54O5/c1-3-5-7-9-11-13-15-17-19-21-23-30-32-27-25-29-26-28-33-31-24-22-20-18-16-14-12-10-8-6-4-2/h25-28H,3-24H2,1-2H3. The summed E-state index contributed by atoms with van der Waals surface area (Å²) in [6, 6.07) is 0. The van der Waals surface area contributed by atoms with Crippen LogP contribution in [0.4, 0.5) is 0 Å². The van der Waals surface area contributed by atoms with Crippen molar-refractivity contribution in [1.82, 2.24) is 0 Å². The second-order valence-corrected chi connectivity index (χ2v) is 8.88. The average Bonchev–Trinajstić information content (AvgIpc) is 2.83. The van der Waals surface area contributed by atoms with Gasteiger partial charge in [-0.3, -0.25) is 0 Å². The van der Waals surface area contributed by atoms with Gasteiger partial charge in [0.1, 0.15) is 12.5 Å². The van der Waals surface area contributed by atoms with Gasteiger partial charge >= 0.3 is 0 Å². The van der Waals surface area contributed by atoms with Gasteiger partial charge in [-0.1, -0.05) is 129 Å². The molecule has 0 aromatic heterocycles. The highest BCUT2D eigenvalue weighted by molar-refractivity contribution is 4.67. The van der Waals surface area contributed by atoms with Gasteiger partial charge in [0, 0.05) is 0 Å². The SMILES string of the molecule is CCCCCCCCCCCCOOC=COC=COOCCCCCCCCCCCC. The minimum absolute atomic E-state index is 0.604. The summed E-state index contributed by atoms with van der Waals surface area (Å²) in [5.74, 6) is 0. The van der Waals surface area contributed by atoms with E-state index in [-0.39, 0.29) is 0 Å². The normalized spacial score (nSPS) is 11.6. The summed E-state index contributed by atoms with van der Waals surface area (Å²) >= 11 is 0. The Morgan fingerprint density at radius 3 is 1.00 bits per heavy atom. The molecule has 0 aromatic carbocycles. The van der Waals surface area contributed by atoms with Gasteiger partial charge in [0.25, 0.3) is 0 Å². The van der Waals surface area contributed by atoms with Crippen molar-refractivity contribution < 1.29 is 24.3 Å². The van der Waals surface area contributed by atoms with Crippen LogP contribution in [0.15, 0.2) is 25.0 Å². The summed E-state index contributed by atoms with van der Waals surface area (Å²) in [5, 5.41) is 0. The number of ether oxygens (including phenoxy) is 1. The molecule has 0 aliphatic carbocycles. The van der Waals surface area contributed by atoms with Gasteiger partial charge in [0.15, 0.2) is 12.5 Å². The molecule has 0 saturated carbocycles. The summed E-state index contributed by atoms with van der Waals surface area (Å²) in [4.78, 5) is 20.0. The first-order chi connectivity index (χ1) is 16.4. The van der Waals surface area contributed by atoms with E-state index in [9.17, 15) is 0 Å². The van der Waals surface area contributed by atoms with E-state index in [2.05, 4.69) is 13.8 Å². The minimum atomic E-state index is 0.604. The monoisotopic (exact) mass is 470 g/mol. The molecule has 0 radical (unpaired) electrons. The number of hydrogen-bond donors (Lipinski definition) is 0. The van der Waals surface area contributed by atoms with Crippen molar-refractivity contribution in [2.45, 2.75) is 142 Å². The maximum Gasteiger partial charge on any atom is 0.164 e. The molecule has 0 aliphatic rings. The molecule has 0 fully saturated rings. The Kier molecular flexibility index (Phi) is 29.7. The van der Waals surface area contributed by atoms with Crippen LogP contribution in [-0.4, -0.2) is 13.2 Å². The van der Waals surface area contributed by atoms with Crippen LogP contribution in [0.5, 0.6) is 0 Å². The molecule has 0 N–H and O–H groups in total. The summed E-state index contributed by atoms with van der Waals surface area (Å²) in [6.07, 6.45) is 31.7. The predicted octanol–water partition coefficient (Wildman–Crippen LogP) is 9.68. The van der Waals surface area contributed by atoms with Gasteiger partial charge in [-0.2, -0.15) is 9.78 Å². The largest absolute Gasteiger partial charge is 0.466 e. The Labute approximate surface area is 205 Å². The van der Waals surface area contributed by atoms with Crippen molar-refractivity contribution in [2.75, 3.05) is 13.2 Å². The summed E-state index contributed by atoms with van der Waals surface area (Å²) in [7, 11) is 0. The summed E-state index contributed by atoms with van der Waals surface area (Å²) < 4.78 is 5.08. The molecule has 0 rings (SSSR count). The molecule has 0 amide bonds. The minimum Gasteiger partial charge on any atom is -0.466 e. The van der Waals surface area contributed by atoms with E-state index in [1.165, 1.54) is 141 Å². The maximum atomic E-state index is 5.09. The van der Waals surface area contributed by atoms with Gasteiger partial charge in [-0.05, 0) is 12.8 Å². The molecule has 0 spiro atoms. The molecular weight excluding hydrogens is 416 g/mol. The lowest BCUT2D eigenvalue weighted by Crippen LogP contribution is -1.93. The molecule has 0 bridgehead atoms. The van der Waals surface area contributed by atoms with E-state index in [0.29, 0.717) is 13.2 Å². The quantitative estimate of drug-likeness (QED) is 0.0493. The van der Waals surface area contributed by atoms with Gasteiger partial charge in [-0.15, -0.1) is 0 Å². The zero-order valence-corrected chi connectivity index (χ0v) is 21.9. The highest BCUT2D eigenvalue weighted by atomic mass is 17.2. The molecule has 33 heavy (non-hydrogen) atoms. The van der Waals surface area contributed by atoms with E-state index in [1.54, 1.807) is 0 Å². The van der Waals surface area contributed by atoms with Crippen molar-refractivity contribution in [1.29, 1.82) is 0 Å². The van der Waals surface area contributed by atoms with Crippen LogP contribution < -0.4 is 0 Å². The summed E-state index contributed by atoms with van der Waals surface area (Å²) in [6.45, 7) is 5.73. The van der Waals surface area contributed by atoms with Crippen LogP contribution in [0.1, 0.15) is 142 Å². The molecule has 0 aromatic rings. The lowest BCUT2D eigenvalue weighted by Gasteiger charge is -2.03. The first-order valence-corrected chi connectivity index (χ1v) is 13.9. The molecule has 0 unspecified atom stereocenters. The van der Waals surface area contributed by atoms with E-state index in [0.717, 1.165) is 12.8 Å². The molecular formula is C28H54O5. The third kappa shape index (κ3) is 30.8. The number of hydrogen-bond acceptors (Lipinski definition) is 5. The van der Waals surface area contributed by atoms with Crippen LogP contribution in [0, 0.1) is 0 Å². The topological polar surface area (TPSA) is 46.2 Å². The fourth-order valence-electron chi connectivity index (χ4n) is 3.63. The van der Waals surface area contributed by atoms with Crippen molar-refractivity contribution in [3.63, 3.8) is 0 Å². The van der Waals surface area contributed by atoms with Gasteiger partial charge < -0.3 is 14.5 Å². The van der Waals surface area contributed by atoms with E-state index in [1.807, 2.05) is 0 Å². The fourth-order valence-corrected chi connectivity index (χ4v) is 3.63. The van der Waals surface area contributed by atoms with Gasteiger partial charge in [0.05, 0.1) is 13.2 Å². The molecule has 5 nitrogen and oxygen atoms in total. The van der Waals surface area contributed by atoms with Crippen LogP contribution in [-0.2, 0) is 24.3 Å². The third-order valence-electron chi connectivity index (χ3n) is 5.68. The average molecular weight is 471 g/mol. The number of unbranched alkanes of at least 4 members (excludes halogenated alkanes) is 18. The van der Waals surface area contributed by atoms with Gasteiger partial charge in [-0.25, -0.2) is 0 Å². The second-order valence-electron chi connectivity index (χ2n) is 8.88. The third-order valence-corrected chi connectivity index (χ3v) is 5.68. The van der Waals surface area contributed by atoms with Crippen molar-refractivity contribution >= 4 is 0 Å². The van der Waals surface area contributed by atoms with Crippen LogP contribution in [0.25, 0.3) is 0 Å². The molecule has 196 valence electrons. The lowest BCUT2D eigenvalue weighted by atomic mass is 10.1. The lowest BCUT2D eigenvalue weighted by molar-refractivity contribution is -0.251. The maximum absolute atomic E-state index is 5.09. The molecule has 0 heterocycles. The molecule has 0 atom stereocenters. The van der Waals surface area contributed by atoms with Crippen molar-refractivity contribution in [3.8, 4) is 0 Å². The highest BCUT2D eigenvalue weighted by Crippen LogP contribution is 2.11. The molecule has 0 saturated heterocycles. The Morgan fingerprint density at radius 2 is 0.667 bits per heavy atom. The second kappa shape index (κ2) is 30.8. The van der Waals surface area contributed by atoms with Crippen molar-refractivity contribution in [3.05, 3.63) is 25.0 Å². The van der Waals surface area contributed by atoms with Crippen LogP contribution in [0.3, 0.4) is 0 Å². The Balaban J connectivity index is 3.14. The van der Waals surface area contributed by atoms with E-state index in [4.69, 9.17) is 24.3 Å². The smallest absolute Gasteiger partial charge is 0.164 e. The Bertz CT molecular complexity index is 362. The van der Waals surface area contributed by atoms with Crippen molar-refractivity contribution in [2.24, 2.45) is 0 Å². The number of rotatable bonds is 28. The Hall–Kier alpha value is -1.20. The molecule has 5 heteroatoms. The van der Waals surface area contributed by atoms with Crippen LogP contribution >= 0.6 is 0 Å². The Morgan fingerprint density at radius 1 is 0.364 bits per heavy atom. The molecule has 0 aliphatic heterocycles.